The van der Waals surface area contributed by atoms with Gasteiger partial charge in [-0.25, -0.2) is 22.0 Å². The Morgan fingerprint density at radius 3 is 1.32 bits per heavy atom. The summed E-state index contributed by atoms with van der Waals surface area (Å²) in [6, 6.07) is 0. The standard InChI is InChI=1S/C11H14F8/c1-8(2,12)6(9(3,13)14)5-7(10(4,15)16)11(17,18)19/h5-6H,1-4H3/b7-5+. The van der Waals surface area contributed by atoms with Crippen molar-refractivity contribution in [3.8, 4) is 0 Å². The molecule has 0 bridgehead atoms. The van der Waals surface area contributed by atoms with E-state index in [2.05, 4.69) is 0 Å². The van der Waals surface area contributed by atoms with Crippen LogP contribution in [0.2, 0.25) is 0 Å². The fourth-order valence-corrected chi connectivity index (χ4v) is 1.60. The van der Waals surface area contributed by atoms with Gasteiger partial charge in [-0.05, 0) is 13.8 Å². The molecule has 0 saturated carbocycles. The molecular weight excluding hydrogens is 284 g/mol. The van der Waals surface area contributed by atoms with E-state index in [1.54, 1.807) is 0 Å². The Kier molecular flexibility index (Phi) is 4.72. The first kappa shape index (κ1) is 18.2. The molecule has 1 unspecified atom stereocenters. The molecule has 0 saturated heterocycles. The van der Waals surface area contributed by atoms with Crippen LogP contribution in [-0.2, 0) is 0 Å². The van der Waals surface area contributed by atoms with Crippen molar-refractivity contribution in [2.75, 3.05) is 0 Å². The molecule has 19 heavy (non-hydrogen) atoms. The molecule has 114 valence electrons. The van der Waals surface area contributed by atoms with Gasteiger partial charge in [0.1, 0.15) is 5.67 Å². The molecule has 0 aromatic carbocycles. The van der Waals surface area contributed by atoms with Gasteiger partial charge in [0.25, 0.3) is 11.8 Å². The first-order valence-corrected chi connectivity index (χ1v) is 5.21. The molecule has 0 radical (unpaired) electrons. The van der Waals surface area contributed by atoms with Crippen LogP contribution in [0.15, 0.2) is 11.6 Å². The zero-order valence-corrected chi connectivity index (χ0v) is 10.7. The van der Waals surface area contributed by atoms with E-state index in [1.165, 1.54) is 0 Å². The van der Waals surface area contributed by atoms with Gasteiger partial charge in [0, 0.05) is 13.8 Å². The summed E-state index contributed by atoms with van der Waals surface area (Å²) in [6.45, 7) is 1.31. The Hall–Kier alpha value is -0.820. The van der Waals surface area contributed by atoms with Crippen LogP contribution < -0.4 is 0 Å². The summed E-state index contributed by atoms with van der Waals surface area (Å²) in [7, 11) is 0. The van der Waals surface area contributed by atoms with Crippen LogP contribution in [0.25, 0.3) is 0 Å². The monoisotopic (exact) mass is 298 g/mol. The molecule has 8 heteroatoms. The second-order valence-electron chi connectivity index (χ2n) is 4.96. The molecule has 0 heterocycles. The molecule has 0 spiro atoms. The zero-order chi connectivity index (χ0) is 15.9. The minimum atomic E-state index is -5.52. The predicted octanol–water partition coefficient (Wildman–Crippen LogP) is 5.15. The second-order valence-corrected chi connectivity index (χ2v) is 4.96. The van der Waals surface area contributed by atoms with Gasteiger partial charge in [0.05, 0.1) is 11.5 Å². The van der Waals surface area contributed by atoms with E-state index in [9.17, 15) is 35.1 Å². The summed E-state index contributed by atoms with van der Waals surface area (Å²) < 4.78 is 103. The molecule has 0 aliphatic heterocycles. The van der Waals surface area contributed by atoms with E-state index in [0.29, 0.717) is 13.8 Å². The molecule has 0 aromatic heterocycles. The first-order valence-electron chi connectivity index (χ1n) is 5.21. The maximum Gasteiger partial charge on any atom is 0.418 e. The van der Waals surface area contributed by atoms with Gasteiger partial charge in [-0.15, -0.1) is 0 Å². The minimum absolute atomic E-state index is 0.0809. The number of hydrogen-bond acceptors (Lipinski definition) is 0. The lowest BCUT2D eigenvalue weighted by molar-refractivity contribution is -0.129. The highest BCUT2D eigenvalue weighted by Gasteiger charge is 2.51. The van der Waals surface area contributed by atoms with Gasteiger partial charge >= 0.3 is 6.18 Å². The number of hydrogen-bond donors (Lipinski definition) is 0. The lowest BCUT2D eigenvalue weighted by Gasteiger charge is -2.31. The van der Waals surface area contributed by atoms with E-state index in [1.807, 2.05) is 0 Å². The molecule has 0 rings (SSSR count). The Balaban J connectivity index is 5.91. The highest BCUT2D eigenvalue weighted by Crippen LogP contribution is 2.43. The maximum atomic E-state index is 13.5. The largest absolute Gasteiger partial charge is 0.418 e. The zero-order valence-electron chi connectivity index (χ0n) is 10.7. The summed E-state index contributed by atoms with van der Waals surface area (Å²) >= 11 is 0. The first-order chi connectivity index (χ1) is 7.97. The SMILES string of the molecule is CC(F)(F)/C(=C\C(C(C)(C)F)C(C)(F)F)C(F)(F)F. The topological polar surface area (TPSA) is 0 Å². The van der Waals surface area contributed by atoms with Crippen molar-refractivity contribution in [3.63, 3.8) is 0 Å². The quantitative estimate of drug-likeness (QED) is 0.497. The van der Waals surface area contributed by atoms with Crippen molar-refractivity contribution < 1.29 is 35.1 Å². The van der Waals surface area contributed by atoms with Crippen LogP contribution in [0, 0.1) is 5.92 Å². The molecule has 0 N–H and O–H groups in total. The number of alkyl halides is 8. The van der Waals surface area contributed by atoms with Crippen LogP contribution >= 0.6 is 0 Å². The van der Waals surface area contributed by atoms with Crippen molar-refractivity contribution in [1.82, 2.24) is 0 Å². The number of rotatable bonds is 4. The Labute approximate surface area is 105 Å². The molecule has 0 amide bonds. The predicted molar refractivity (Wildman–Crippen MR) is 54.1 cm³/mol. The normalized spacial score (nSPS) is 17.6. The summed E-state index contributed by atoms with van der Waals surface area (Å²) in [4.78, 5) is 0. The van der Waals surface area contributed by atoms with E-state index in [-0.39, 0.29) is 13.8 Å². The van der Waals surface area contributed by atoms with E-state index < -0.39 is 41.3 Å². The van der Waals surface area contributed by atoms with Crippen LogP contribution in [-0.4, -0.2) is 23.7 Å². The molecule has 0 aromatic rings. The van der Waals surface area contributed by atoms with Gasteiger partial charge in [-0.2, -0.15) is 13.2 Å². The fourth-order valence-electron chi connectivity index (χ4n) is 1.60. The minimum Gasteiger partial charge on any atom is -0.244 e. The molecule has 0 nitrogen and oxygen atoms in total. The molecule has 1 atom stereocenters. The van der Waals surface area contributed by atoms with Gasteiger partial charge in [0.15, 0.2) is 0 Å². The average molecular weight is 298 g/mol. The third-order valence-corrected chi connectivity index (χ3v) is 2.40. The molecule has 0 aliphatic rings. The highest BCUT2D eigenvalue weighted by atomic mass is 19.4. The van der Waals surface area contributed by atoms with Gasteiger partial charge in [0.2, 0.25) is 0 Å². The molecule has 0 aliphatic carbocycles. The lowest BCUT2D eigenvalue weighted by Crippen LogP contribution is -2.40. The smallest absolute Gasteiger partial charge is 0.244 e. The second kappa shape index (κ2) is 4.94. The summed E-state index contributed by atoms with van der Waals surface area (Å²) in [6.07, 6.45) is -5.94. The maximum absolute atomic E-state index is 13.5. The Morgan fingerprint density at radius 2 is 1.16 bits per heavy atom. The van der Waals surface area contributed by atoms with Crippen LogP contribution in [0.4, 0.5) is 35.1 Å². The van der Waals surface area contributed by atoms with E-state index in [0.717, 1.165) is 0 Å². The van der Waals surface area contributed by atoms with E-state index in [4.69, 9.17) is 0 Å². The van der Waals surface area contributed by atoms with Crippen LogP contribution in [0.1, 0.15) is 27.7 Å². The van der Waals surface area contributed by atoms with Gasteiger partial charge in [-0.1, -0.05) is 6.08 Å². The summed E-state index contributed by atoms with van der Waals surface area (Å²) in [5.74, 6) is -10.9. The Bertz CT molecular complexity index is 304. The number of halogens is 8. The Morgan fingerprint density at radius 1 is 0.789 bits per heavy atom. The van der Waals surface area contributed by atoms with Crippen LogP contribution in [0.5, 0.6) is 0 Å². The molecular formula is C11H14F8. The van der Waals surface area contributed by atoms with Crippen molar-refractivity contribution in [2.24, 2.45) is 5.92 Å². The van der Waals surface area contributed by atoms with E-state index >= 15 is 0 Å². The van der Waals surface area contributed by atoms with Crippen LogP contribution in [0.3, 0.4) is 0 Å². The third-order valence-electron chi connectivity index (χ3n) is 2.40. The lowest BCUT2D eigenvalue weighted by atomic mass is 9.85. The van der Waals surface area contributed by atoms with Gasteiger partial charge < -0.3 is 0 Å². The fraction of sp³-hybridized carbons (Fsp3) is 0.818. The third kappa shape index (κ3) is 5.36. The van der Waals surface area contributed by atoms with Crippen molar-refractivity contribution in [2.45, 2.75) is 51.4 Å². The van der Waals surface area contributed by atoms with Gasteiger partial charge in [-0.3, -0.25) is 0 Å². The van der Waals surface area contributed by atoms with Crippen molar-refractivity contribution >= 4 is 0 Å². The average Bonchev–Trinajstić information content (AvgIpc) is 1.91. The van der Waals surface area contributed by atoms with Crippen molar-refractivity contribution in [1.29, 1.82) is 0 Å². The molecule has 0 fully saturated rings. The van der Waals surface area contributed by atoms with Crippen molar-refractivity contribution in [3.05, 3.63) is 11.6 Å². The summed E-state index contributed by atoms with van der Waals surface area (Å²) in [5, 5.41) is 0. The highest BCUT2D eigenvalue weighted by molar-refractivity contribution is 5.21. The summed E-state index contributed by atoms with van der Waals surface area (Å²) in [5.41, 5.74) is -5.27. The number of allylic oxidation sites excluding steroid dienone is 2.